The smallest absolute Gasteiger partial charge is 0.421 e. The summed E-state index contributed by atoms with van der Waals surface area (Å²) in [6, 6.07) is 12.8. The maximum atomic E-state index is 14.2. The number of ether oxygens (including phenoxy) is 3. The fourth-order valence-electron chi connectivity index (χ4n) is 7.02. The summed E-state index contributed by atoms with van der Waals surface area (Å²) in [5, 5.41) is 6.89. The Labute approximate surface area is 266 Å². The van der Waals surface area contributed by atoms with Crippen molar-refractivity contribution in [1.29, 1.82) is 0 Å². The van der Waals surface area contributed by atoms with Crippen LogP contribution in [0.15, 0.2) is 48.7 Å². The minimum atomic E-state index is -4.53. The molecule has 0 radical (unpaired) electrons. The molecule has 3 aromatic rings. The van der Waals surface area contributed by atoms with Crippen LogP contribution in [-0.4, -0.2) is 85.1 Å². The van der Waals surface area contributed by atoms with Gasteiger partial charge in [-0.25, -0.2) is 4.98 Å². The molecule has 13 heteroatoms. The van der Waals surface area contributed by atoms with Gasteiger partial charge in [0.2, 0.25) is 5.88 Å². The largest absolute Gasteiger partial charge is 0.496 e. The van der Waals surface area contributed by atoms with Gasteiger partial charge in [-0.2, -0.15) is 13.2 Å². The summed E-state index contributed by atoms with van der Waals surface area (Å²) in [6.45, 7) is 5.68. The molecule has 0 saturated carbocycles. The van der Waals surface area contributed by atoms with Crippen molar-refractivity contribution in [3.8, 4) is 22.9 Å². The van der Waals surface area contributed by atoms with Crippen molar-refractivity contribution in [3.05, 3.63) is 65.5 Å². The van der Waals surface area contributed by atoms with Crippen molar-refractivity contribution in [2.24, 2.45) is 5.73 Å². The van der Waals surface area contributed by atoms with Crippen molar-refractivity contribution in [3.63, 3.8) is 0 Å². The minimum Gasteiger partial charge on any atom is -0.496 e. The van der Waals surface area contributed by atoms with E-state index in [0.717, 1.165) is 29.9 Å². The number of piperidine rings is 1. The highest BCUT2D eigenvalue weighted by molar-refractivity contribution is 5.66. The maximum Gasteiger partial charge on any atom is 0.421 e. The first-order valence-corrected chi connectivity index (χ1v) is 15.4. The van der Waals surface area contributed by atoms with E-state index in [-0.39, 0.29) is 35.5 Å². The van der Waals surface area contributed by atoms with Gasteiger partial charge in [-0.3, -0.25) is 14.7 Å². The number of rotatable bonds is 7. The van der Waals surface area contributed by atoms with Crippen LogP contribution in [0.3, 0.4) is 0 Å². The summed E-state index contributed by atoms with van der Waals surface area (Å²) in [5.74, 6) is 0.385. The zero-order valence-electron chi connectivity index (χ0n) is 26.0. The lowest BCUT2D eigenvalue weighted by Crippen LogP contribution is -2.54. The van der Waals surface area contributed by atoms with Crippen molar-refractivity contribution in [2.45, 2.75) is 56.5 Å². The molecule has 1 spiro atoms. The number of pyridine rings is 2. The molecule has 1 aromatic carbocycles. The molecule has 0 amide bonds. The number of nitrogens with two attached hydrogens (primary N) is 1. The van der Waals surface area contributed by atoms with E-state index in [4.69, 9.17) is 34.8 Å². The molecule has 0 aliphatic carbocycles. The number of hydrogen-bond donors (Lipinski definition) is 2. The first-order chi connectivity index (χ1) is 22.2. The molecule has 2 fully saturated rings. The number of carboxylic acid groups (broad SMARTS) is 1. The third kappa shape index (κ3) is 6.76. The summed E-state index contributed by atoms with van der Waals surface area (Å²) in [7, 11) is 1.28. The molecule has 2 atom stereocenters. The predicted octanol–water partition coefficient (Wildman–Crippen LogP) is 4.74. The van der Waals surface area contributed by atoms with E-state index in [9.17, 15) is 13.2 Å². The Kier molecular flexibility index (Phi) is 10.3. The van der Waals surface area contributed by atoms with Gasteiger partial charge in [0.15, 0.2) is 0 Å². The van der Waals surface area contributed by atoms with Crippen LogP contribution in [-0.2, 0) is 27.7 Å². The summed E-state index contributed by atoms with van der Waals surface area (Å²) in [5.41, 5.74) is 8.89. The van der Waals surface area contributed by atoms with E-state index in [1.807, 2.05) is 30.0 Å². The number of carbonyl (C=O) groups is 1. The van der Waals surface area contributed by atoms with E-state index in [1.54, 1.807) is 18.3 Å². The summed E-state index contributed by atoms with van der Waals surface area (Å²) in [4.78, 5) is 22.3. The van der Waals surface area contributed by atoms with Crippen molar-refractivity contribution in [1.82, 2.24) is 14.9 Å². The molecular weight excluding hydrogens is 603 g/mol. The fraction of sp³-hybridized carbons (Fsp3) is 0.485. The van der Waals surface area contributed by atoms with Crippen LogP contribution < -0.4 is 20.1 Å². The second kappa shape index (κ2) is 14.2. The lowest BCUT2D eigenvalue weighted by molar-refractivity contribution is -0.138. The van der Waals surface area contributed by atoms with Crippen molar-refractivity contribution < 1.29 is 37.3 Å². The van der Waals surface area contributed by atoms with Gasteiger partial charge < -0.3 is 30.0 Å². The molecule has 0 bridgehead atoms. The predicted molar refractivity (Wildman–Crippen MR) is 166 cm³/mol. The molecule has 2 aromatic heterocycles. The van der Waals surface area contributed by atoms with Crippen LogP contribution in [0.5, 0.6) is 11.6 Å². The van der Waals surface area contributed by atoms with Crippen LogP contribution in [0.2, 0.25) is 0 Å². The number of anilines is 1. The molecule has 10 nitrogen and oxygen atoms in total. The standard InChI is InChI=1S/C32H38F3N5O3.CH2O2/c1-3-42-30-23(6-5-13-37-30)25-10-9-24-26(38-25)18-40(21-16-22(17-36)43-19-21)20-31(24)11-14-39(15-12-31)27-7-4-8-28(41-2)29(27)32(33,34)35;2-1-3/h4-10,13,21-22H,3,11-12,14-20,36H2,1-2H3;1H,(H,2,3)/t21-,22+;/m0./s1. The Bertz CT molecular complexity index is 1500. The fourth-order valence-corrected chi connectivity index (χ4v) is 7.02. The average Bonchev–Trinajstić information content (AvgIpc) is 3.55. The Morgan fingerprint density at radius 1 is 1.17 bits per heavy atom. The summed E-state index contributed by atoms with van der Waals surface area (Å²) in [6.07, 6.45) is -0.558. The molecule has 0 unspecified atom stereocenters. The van der Waals surface area contributed by atoms with Gasteiger partial charge in [-0.1, -0.05) is 12.1 Å². The van der Waals surface area contributed by atoms with Gasteiger partial charge in [0, 0.05) is 50.4 Å². The Balaban J connectivity index is 0.00000134. The second-order valence-corrected chi connectivity index (χ2v) is 11.7. The first kappa shape index (κ1) is 33.4. The summed E-state index contributed by atoms with van der Waals surface area (Å²) >= 11 is 0. The van der Waals surface area contributed by atoms with Crippen LogP contribution in [0.25, 0.3) is 11.3 Å². The number of hydrogen-bond acceptors (Lipinski definition) is 9. The molecule has 3 N–H and O–H groups in total. The van der Waals surface area contributed by atoms with Gasteiger partial charge in [0.1, 0.15) is 11.3 Å². The Morgan fingerprint density at radius 3 is 2.59 bits per heavy atom. The highest BCUT2D eigenvalue weighted by atomic mass is 19.4. The van der Waals surface area contributed by atoms with Crippen LogP contribution in [0, 0.1) is 0 Å². The maximum absolute atomic E-state index is 14.2. The molecule has 3 aliphatic heterocycles. The molecule has 5 heterocycles. The minimum absolute atomic E-state index is 0.0292. The van der Waals surface area contributed by atoms with E-state index < -0.39 is 11.7 Å². The molecular formula is C33H40F3N5O5. The van der Waals surface area contributed by atoms with Crippen LogP contribution in [0.4, 0.5) is 18.9 Å². The first-order valence-electron chi connectivity index (χ1n) is 15.4. The summed E-state index contributed by atoms with van der Waals surface area (Å²) < 4.78 is 59.4. The quantitative estimate of drug-likeness (QED) is 0.349. The third-order valence-corrected chi connectivity index (χ3v) is 9.14. The normalized spacial score (nSPS) is 20.9. The number of methoxy groups -OCH3 is 1. The van der Waals surface area contributed by atoms with Gasteiger partial charge in [0.05, 0.1) is 49.1 Å². The molecule has 3 aliphatic rings. The number of nitrogens with zero attached hydrogens (tertiary/aromatic N) is 4. The van der Waals surface area contributed by atoms with Crippen LogP contribution >= 0.6 is 0 Å². The third-order valence-electron chi connectivity index (χ3n) is 9.14. The van der Waals surface area contributed by atoms with Gasteiger partial charge >= 0.3 is 6.18 Å². The van der Waals surface area contributed by atoms with Gasteiger partial charge in [-0.05, 0) is 62.1 Å². The average molecular weight is 644 g/mol. The van der Waals surface area contributed by atoms with E-state index in [0.29, 0.717) is 58.1 Å². The van der Waals surface area contributed by atoms with Crippen LogP contribution in [0.1, 0.15) is 43.0 Å². The number of aromatic nitrogens is 2. The highest BCUT2D eigenvalue weighted by Crippen LogP contribution is 2.47. The van der Waals surface area contributed by atoms with Gasteiger partial charge in [-0.15, -0.1) is 0 Å². The lowest BCUT2D eigenvalue weighted by atomic mass is 9.69. The van der Waals surface area contributed by atoms with E-state index in [2.05, 4.69) is 16.0 Å². The van der Waals surface area contributed by atoms with Crippen molar-refractivity contribution >= 4 is 12.2 Å². The van der Waals surface area contributed by atoms with Gasteiger partial charge in [0.25, 0.3) is 6.47 Å². The number of benzene rings is 1. The monoisotopic (exact) mass is 643 g/mol. The highest BCUT2D eigenvalue weighted by Gasteiger charge is 2.47. The molecule has 6 rings (SSSR count). The SMILES string of the molecule is CCOc1ncccc1-c1ccc2c(n1)CN([C@@H]1CO[C@@H](CN)C1)CC21CCN(c2cccc(OC)c2C(F)(F)F)CC1.O=CO. The van der Waals surface area contributed by atoms with E-state index in [1.165, 1.54) is 18.7 Å². The lowest BCUT2D eigenvalue weighted by Gasteiger charge is -2.50. The second-order valence-electron chi connectivity index (χ2n) is 11.7. The number of fused-ring (bicyclic) bond motifs is 2. The zero-order chi connectivity index (χ0) is 32.9. The molecule has 248 valence electrons. The Morgan fingerprint density at radius 2 is 1.93 bits per heavy atom. The van der Waals surface area contributed by atoms with E-state index >= 15 is 0 Å². The molecule has 2 saturated heterocycles. The Hall–Kier alpha value is -3.94. The van der Waals surface area contributed by atoms with Crippen molar-refractivity contribution in [2.75, 3.05) is 51.4 Å². The number of alkyl halides is 3. The topological polar surface area (TPSA) is 123 Å². The zero-order valence-corrected chi connectivity index (χ0v) is 26.0. The number of halogens is 3. The molecule has 46 heavy (non-hydrogen) atoms.